The molecule has 5 nitrogen and oxygen atoms in total. The second kappa shape index (κ2) is 7.60. The molecule has 0 fully saturated rings. The number of hydrogen-bond acceptors (Lipinski definition) is 3. The monoisotopic (exact) mass is 361 g/mol. The standard InChI is InChI=1S/C19H24ClN3O2/c1-3-23(4-2)19(25)12-9-15(17(11-24)22-10-12)13-5-6-16(20)14-7-8-21-18(13)14/h5-9,12,17,21-22,24H,3-4,10-11H2,1-2H3. The number of carbonyl (C=O) groups is 1. The number of fused-ring (bicyclic) bond motifs is 1. The van der Waals surface area contributed by atoms with E-state index in [1.807, 2.05) is 49.2 Å². The van der Waals surface area contributed by atoms with E-state index in [-0.39, 0.29) is 24.5 Å². The zero-order chi connectivity index (χ0) is 18.0. The second-order valence-corrected chi connectivity index (χ2v) is 6.65. The lowest BCUT2D eigenvalue weighted by atomic mass is 9.89. The maximum Gasteiger partial charge on any atom is 0.230 e. The Balaban J connectivity index is 2.05. The molecule has 2 aromatic rings. The summed E-state index contributed by atoms with van der Waals surface area (Å²) < 4.78 is 0. The molecule has 2 heterocycles. The van der Waals surface area contributed by atoms with Gasteiger partial charge in [-0.15, -0.1) is 0 Å². The minimum atomic E-state index is -0.238. The molecule has 1 aromatic carbocycles. The summed E-state index contributed by atoms with van der Waals surface area (Å²) >= 11 is 6.27. The van der Waals surface area contributed by atoms with Gasteiger partial charge in [-0.25, -0.2) is 0 Å². The normalized spacial score (nSPS) is 20.6. The highest BCUT2D eigenvalue weighted by atomic mass is 35.5. The highest BCUT2D eigenvalue weighted by Gasteiger charge is 2.29. The number of nitrogens with zero attached hydrogens (tertiary/aromatic N) is 1. The predicted molar refractivity (Wildman–Crippen MR) is 102 cm³/mol. The van der Waals surface area contributed by atoms with Crippen LogP contribution in [-0.4, -0.2) is 53.2 Å². The quantitative estimate of drug-likeness (QED) is 0.767. The summed E-state index contributed by atoms with van der Waals surface area (Å²) in [6, 6.07) is 5.54. The number of nitrogens with one attached hydrogen (secondary N) is 2. The summed E-state index contributed by atoms with van der Waals surface area (Å²) in [6.45, 7) is 5.87. The lowest BCUT2D eigenvalue weighted by molar-refractivity contribution is -0.133. The summed E-state index contributed by atoms with van der Waals surface area (Å²) in [5.41, 5.74) is 2.83. The van der Waals surface area contributed by atoms with Crippen LogP contribution >= 0.6 is 11.6 Å². The predicted octanol–water partition coefficient (Wildman–Crippen LogP) is 2.65. The average molecular weight is 362 g/mol. The van der Waals surface area contributed by atoms with Gasteiger partial charge in [-0.05, 0) is 31.6 Å². The first-order valence-corrected chi connectivity index (χ1v) is 9.09. The molecule has 0 saturated heterocycles. The molecule has 0 aliphatic carbocycles. The number of H-pyrrole nitrogens is 1. The molecule has 25 heavy (non-hydrogen) atoms. The van der Waals surface area contributed by atoms with E-state index in [9.17, 15) is 9.90 Å². The number of aliphatic hydroxyl groups is 1. The molecule has 1 amide bonds. The van der Waals surface area contributed by atoms with Gasteiger partial charge in [0.25, 0.3) is 0 Å². The van der Waals surface area contributed by atoms with E-state index in [0.717, 1.165) is 22.0 Å². The fraction of sp³-hybridized carbons (Fsp3) is 0.421. The van der Waals surface area contributed by atoms with Gasteiger partial charge in [-0.2, -0.15) is 0 Å². The fourth-order valence-electron chi connectivity index (χ4n) is 3.50. The maximum atomic E-state index is 12.7. The van der Waals surface area contributed by atoms with E-state index in [0.29, 0.717) is 24.7 Å². The first-order chi connectivity index (χ1) is 12.1. The smallest absolute Gasteiger partial charge is 0.230 e. The highest BCUT2D eigenvalue weighted by molar-refractivity contribution is 6.35. The lowest BCUT2D eigenvalue weighted by Gasteiger charge is -2.31. The van der Waals surface area contributed by atoms with Gasteiger partial charge in [0, 0.05) is 41.8 Å². The lowest BCUT2D eigenvalue weighted by Crippen LogP contribution is -2.46. The van der Waals surface area contributed by atoms with Crippen molar-refractivity contribution >= 4 is 34.0 Å². The number of hydrogen-bond donors (Lipinski definition) is 3. The van der Waals surface area contributed by atoms with Crippen molar-refractivity contribution in [2.75, 3.05) is 26.2 Å². The van der Waals surface area contributed by atoms with E-state index >= 15 is 0 Å². The summed E-state index contributed by atoms with van der Waals surface area (Å²) in [7, 11) is 0. The third-order valence-electron chi connectivity index (χ3n) is 4.90. The Labute approximate surface area is 152 Å². The van der Waals surface area contributed by atoms with Crippen molar-refractivity contribution in [3.05, 3.63) is 41.1 Å². The van der Waals surface area contributed by atoms with Crippen LogP contribution in [-0.2, 0) is 4.79 Å². The van der Waals surface area contributed by atoms with Gasteiger partial charge >= 0.3 is 0 Å². The third kappa shape index (κ3) is 3.32. The molecule has 1 aliphatic heterocycles. The van der Waals surface area contributed by atoms with Gasteiger partial charge in [0.15, 0.2) is 0 Å². The molecule has 2 atom stereocenters. The maximum absolute atomic E-state index is 12.7. The number of benzene rings is 1. The Morgan fingerprint density at radius 3 is 2.76 bits per heavy atom. The van der Waals surface area contributed by atoms with Gasteiger partial charge in [-0.1, -0.05) is 23.7 Å². The summed E-state index contributed by atoms with van der Waals surface area (Å²) in [5.74, 6) is -0.124. The van der Waals surface area contributed by atoms with Gasteiger partial charge in [0.05, 0.1) is 24.1 Å². The largest absolute Gasteiger partial charge is 0.394 e. The number of rotatable bonds is 5. The molecule has 1 aromatic heterocycles. The Morgan fingerprint density at radius 2 is 2.08 bits per heavy atom. The molecular weight excluding hydrogens is 338 g/mol. The van der Waals surface area contributed by atoms with Gasteiger partial charge in [-0.3, -0.25) is 4.79 Å². The van der Waals surface area contributed by atoms with Crippen molar-refractivity contribution in [3.8, 4) is 0 Å². The van der Waals surface area contributed by atoms with Crippen LogP contribution in [0.15, 0.2) is 30.5 Å². The SMILES string of the molecule is CCN(CC)C(=O)C1C=C(c2ccc(Cl)c3cc[nH]c23)C(CO)NC1. The molecule has 2 unspecified atom stereocenters. The van der Waals surface area contributed by atoms with Gasteiger partial charge in [0.2, 0.25) is 5.91 Å². The van der Waals surface area contributed by atoms with Crippen LogP contribution in [0.3, 0.4) is 0 Å². The zero-order valence-electron chi connectivity index (χ0n) is 14.6. The first kappa shape index (κ1) is 18.0. The van der Waals surface area contributed by atoms with E-state index in [1.54, 1.807) is 0 Å². The summed E-state index contributed by atoms with van der Waals surface area (Å²) in [4.78, 5) is 17.8. The topological polar surface area (TPSA) is 68.4 Å². The average Bonchev–Trinajstić information content (AvgIpc) is 3.13. The summed E-state index contributed by atoms with van der Waals surface area (Å²) in [5, 5.41) is 14.7. The van der Waals surface area contributed by atoms with Crippen molar-refractivity contribution in [1.29, 1.82) is 0 Å². The number of aromatic amines is 1. The minimum Gasteiger partial charge on any atom is -0.394 e. The molecule has 0 bridgehead atoms. The van der Waals surface area contributed by atoms with Crippen molar-refractivity contribution in [3.63, 3.8) is 0 Å². The number of halogens is 1. The van der Waals surface area contributed by atoms with Gasteiger partial charge in [0.1, 0.15) is 0 Å². The Morgan fingerprint density at radius 1 is 1.32 bits per heavy atom. The molecule has 134 valence electrons. The van der Waals surface area contributed by atoms with E-state index in [4.69, 9.17) is 11.6 Å². The van der Waals surface area contributed by atoms with E-state index < -0.39 is 0 Å². The van der Waals surface area contributed by atoms with Crippen LogP contribution in [0.25, 0.3) is 16.5 Å². The van der Waals surface area contributed by atoms with Crippen molar-refractivity contribution in [2.45, 2.75) is 19.9 Å². The molecule has 0 spiro atoms. The summed E-state index contributed by atoms with van der Waals surface area (Å²) in [6.07, 6.45) is 3.85. The Hall–Kier alpha value is -1.82. The van der Waals surface area contributed by atoms with Crippen LogP contribution in [0, 0.1) is 5.92 Å². The minimum absolute atomic E-state index is 0.0250. The fourth-order valence-corrected chi connectivity index (χ4v) is 3.72. The molecule has 1 aliphatic rings. The Kier molecular flexibility index (Phi) is 5.47. The molecule has 0 saturated carbocycles. The molecule has 3 N–H and O–H groups in total. The second-order valence-electron chi connectivity index (χ2n) is 6.24. The number of amides is 1. The number of aliphatic hydroxyl groups excluding tert-OH is 1. The van der Waals surface area contributed by atoms with Crippen LogP contribution < -0.4 is 5.32 Å². The van der Waals surface area contributed by atoms with Crippen LogP contribution in [0.2, 0.25) is 5.02 Å². The zero-order valence-corrected chi connectivity index (χ0v) is 15.3. The van der Waals surface area contributed by atoms with Crippen molar-refractivity contribution < 1.29 is 9.90 Å². The van der Waals surface area contributed by atoms with Crippen LogP contribution in [0.5, 0.6) is 0 Å². The molecule has 6 heteroatoms. The molecule has 3 rings (SSSR count). The van der Waals surface area contributed by atoms with Crippen molar-refractivity contribution in [2.24, 2.45) is 5.92 Å². The number of carbonyl (C=O) groups excluding carboxylic acids is 1. The van der Waals surface area contributed by atoms with Crippen LogP contribution in [0.1, 0.15) is 19.4 Å². The molecule has 0 radical (unpaired) electrons. The van der Waals surface area contributed by atoms with Crippen molar-refractivity contribution in [1.82, 2.24) is 15.2 Å². The third-order valence-corrected chi connectivity index (χ3v) is 5.23. The Bertz CT molecular complexity index is 795. The van der Waals surface area contributed by atoms with E-state index in [2.05, 4.69) is 10.3 Å². The van der Waals surface area contributed by atoms with Crippen LogP contribution in [0.4, 0.5) is 0 Å². The highest BCUT2D eigenvalue weighted by Crippen LogP contribution is 2.33. The number of aromatic nitrogens is 1. The first-order valence-electron chi connectivity index (χ1n) is 8.71. The molecular formula is C19H24ClN3O2. The van der Waals surface area contributed by atoms with E-state index in [1.165, 1.54) is 0 Å². The van der Waals surface area contributed by atoms with Gasteiger partial charge < -0.3 is 20.3 Å².